The molecule has 1 atom stereocenters. The molecule has 5 rings (SSSR count). The van der Waals surface area contributed by atoms with Crippen LogP contribution in [0.2, 0.25) is 0 Å². The number of amides is 2. The normalized spacial score (nSPS) is 22.9. The van der Waals surface area contributed by atoms with Crippen LogP contribution in [0.5, 0.6) is 0 Å². The highest BCUT2D eigenvalue weighted by Gasteiger charge is 2.44. The Morgan fingerprint density at radius 2 is 1.87 bits per heavy atom. The van der Waals surface area contributed by atoms with Gasteiger partial charge in [0.2, 0.25) is 11.8 Å². The molecular weight excluding hydrogens is 408 g/mol. The summed E-state index contributed by atoms with van der Waals surface area (Å²) in [4.78, 5) is 31.8. The summed E-state index contributed by atoms with van der Waals surface area (Å²) in [6, 6.07) is 12.6. The van der Waals surface area contributed by atoms with Gasteiger partial charge in [-0.3, -0.25) is 9.59 Å². The molecule has 164 valence electrons. The van der Waals surface area contributed by atoms with Crippen molar-refractivity contribution in [3.8, 4) is 10.4 Å². The number of carbonyl (C=O) groups excluding carboxylic acids is 2. The smallest absolute Gasteiger partial charge is 0.245 e. The van der Waals surface area contributed by atoms with Crippen LogP contribution in [0.1, 0.15) is 49.5 Å². The van der Waals surface area contributed by atoms with Crippen LogP contribution >= 0.6 is 11.3 Å². The van der Waals surface area contributed by atoms with E-state index in [2.05, 4.69) is 30.3 Å². The lowest BCUT2D eigenvalue weighted by Crippen LogP contribution is -2.56. The highest BCUT2D eigenvalue weighted by atomic mass is 32.1. The largest absolute Gasteiger partial charge is 0.370 e. The fraction of sp³-hybridized carbons (Fsp3) is 0.520. The maximum Gasteiger partial charge on any atom is 0.245 e. The first-order valence-electron chi connectivity index (χ1n) is 11.5. The molecule has 0 bridgehead atoms. The van der Waals surface area contributed by atoms with Gasteiger partial charge in [0.05, 0.1) is 12.2 Å². The number of rotatable bonds is 2. The average molecular weight is 439 g/mol. The molecule has 2 fully saturated rings. The Kier molecular flexibility index (Phi) is 5.61. The van der Waals surface area contributed by atoms with Crippen LogP contribution in [-0.4, -0.2) is 53.9 Å². The van der Waals surface area contributed by atoms with Crippen molar-refractivity contribution in [3.05, 3.63) is 46.8 Å². The maximum atomic E-state index is 13.3. The molecule has 2 amide bonds. The van der Waals surface area contributed by atoms with E-state index in [1.807, 2.05) is 22.3 Å². The van der Waals surface area contributed by atoms with Gasteiger partial charge in [-0.05, 0) is 49.3 Å². The molecule has 3 aliphatic heterocycles. The summed E-state index contributed by atoms with van der Waals surface area (Å²) < 4.78 is 6.42. The fourth-order valence-electron chi connectivity index (χ4n) is 5.44. The first kappa shape index (κ1) is 20.7. The first-order valence-corrected chi connectivity index (χ1v) is 12.3. The van der Waals surface area contributed by atoms with E-state index >= 15 is 0 Å². The number of nitrogens with zero attached hydrogens (tertiary/aromatic N) is 2. The van der Waals surface area contributed by atoms with Gasteiger partial charge in [-0.2, -0.15) is 0 Å². The molecule has 0 radical (unpaired) electrons. The van der Waals surface area contributed by atoms with Gasteiger partial charge in [0.25, 0.3) is 0 Å². The lowest BCUT2D eigenvalue weighted by atomic mass is 9.82. The van der Waals surface area contributed by atoms with Crippen molar-refractivity contribution in [2.24, 2.45) is 0 Å². The Morgan fingerprint density at radius 3 is 2.61 bits per heavy atom. The second-order valence-corrected chi connectivity index (χ2v) is 10.1. The number of piperidine rings is 2. The molecule has 2 aromatic rings. The SMILES string of the molecule is CC(=O)N1CCCCC1C(=O)N1CCC2(CC1)OCCc1sc(-c3ccccc3)cc12. The lowest BCUT2D eigenvalue weighted by molar-refractivity contribution is -0.152. The third kappa shape index (κ3) is 3.80. The van der Waals surface area contributed by atoms with Gasteiger partial charge in [0.1, 0.15) is 6.04 Å². The molecule has 0 N–H and O–H groups in total. The molecule has 0 aliphatic carbocycles. The Bertz CT molecular complexity index is 962. The van der Waals surface area contributed by atoms with Crippen LogP contribution in [0.25, 0.3) is 10.4 Å². The van der Waals surface area contributed by atoms with Gasteiger partial charge in [-0.25, -0.2) is 0 Å². The summed E-state index contributed by atoms with van der Waals surface area (Å²) in [5, 5.41) is 0. The van der Waals surface area contributed by atoms with E-state index < -0.39 is 0 Å². The number of ether oxygens (including phenoxy) is 1. The Morgan fingerprint density at radius 1 is 1.10 bits per heavy atom. The molecule has 1 spiro atoms. The van der Waals surface area contributed by atoms with E-state index in [-0.39, 0.29) is 23.5 Å². The summed E-state index contributed by atoms with van der Waals surface area (Å²) in [7, 11) is 0. The van der Waals surface area contributed by atoms with Crippen LogP contribution in [0, 0.1) is 0 Å². The Hall–Kier alpha value is -2.18. The van der Waals surface area contributed by atoms with Crippen molar-refractivity contribution >= 4 is 23.2 Å². The van der Waals surface area contributed by atoms with E-state index in [1.54, 1.807) is 11.8 Å². The van der Waals surface area contributed by atoms with Crippen molar-refractivity contribution in [2.45, 2.75) is 57.1 Å². The molecular formula is C25H30N2O3S. The molecule has 5 nitrogen and oxygen atoms in total. The zero-order valence-electron chi connectivity index (χ0n) is 18.1. The minimum atomic E-state index is -0.283. The van der Waals surface area contributed by atoms with Gasteiger partial charge < -0.3 is 14.5 Å². The van der Waals surface area contributed by atoms with Crippen LogP contribution < -0.4 is 0 Å². The van der Waals surface area contributed by atoms with E-state index in [0.29, 0.717) is 19.6 Å². The molecule has 1 aromatic carbocycles. The van der Waals surface area contributed by atoms with Crippen LogP contribution in [0.15, 0.2) is 36.4 Å². The molecule has 0 saturated carbocycles. The van der Waals surface area contributed by atoms with Gasteiger partial charge >= 0.3 is 0 Å². The van der Waals surface area contributed by atoms with Gasteiger partial charge in [-0.1, -0.05) is 30.3 Å². The minimum Gasteiger partial charge on any atom is -0.370 e. The van der Waals surface area contributed by atoms with E-state index in [9.17, 15) is 9.59 Å². The third-order valence-electron chi connectivity index (χ3n) is 7.14. The fourth-order valence-corrected chi connectivity index (χ4v) is 6.68. The van der Waals surface area contributed by atoms with Gasteiger partial charge in [0.15, 0.2) is 0 Å². The molecule has 4 heterocycles. The van der Waals surface area contributed by atoms with Gasteiger partial charge in [-0.15, -0.1) is 11.3 Å². The predicted molar refractivity (Wildman–Crippen MR) is 122 cm³/mol. The lowest BCUT2D eigenvalue weighted by Gasteiger charge is -2.45. The van der Waals surface area contributed by atoms with Crippen LogP contribution in [-0.2, 0) is 26.3 Å². The first-order chi connectivity index (χ1) is 15.1. The Labute approximate surface area is 188 Å². The maximum absolute atomic E-state index is 13.3. The molecule has 3 aliphatic rings. The van der Waals surface area contributed by atoms with Crippen molar-refractivity contribution < 1.29 is 14.3 Å². The zero-order valence-corrected chi connectivity index (χ0v) is 19.0. The highest BCUT2D eigenvalue weighted by Crippen LogP contribution is 2.46. The van der Waals surface area contributed by atoms with Crippen LogP contribution in [0.3, 0.4) is 0 Å². The molecule has 1 aromatic heterocycles. The van der Waals surface area contributed by atoms with Crippen molar-refractivity contribution in [2.75, 3.05) is 26.2 Å². The van der Waals surface area contributed by atoms with E-state index in [1.165, 1.54) is 20.9 Å². The van der Waals surface area contributed by atoms with E-state index in [0.717, 1.165) is 45.1 Å². The topological polar surface area (TPSA) is 49.9 Å². The number of carbonyl (C=O) groups is 2. The second-order valence-electron chi connectivity index (χ2n) is 8.96. The van der Waals surface area contributed by atoms with Crippen molar-refractivity contribution in [1.29, 1.82) is 0 Å². The van der Waals surface area contributed by atoms with Gasteiger partial charge in [0, 0.05) is 42.7 Å². The number of hydrogen-bond donors (Lipinski definition) is 0. The summed E-state index contributed by atoms with van der Waals surface area (Å²) in [6.07, 6.45) is 5.40. The number of thiophene rings is 1. The second kappa shape index (κ2) is 8.40. The summed E-state index contributed by atoms with van der Waals surface area (Å²) in [6.45, 7) is 4.41. The zero-order chi connectivity index (χ0) is 21.4. The summed E-state index contributed by atoms with van der Waals surface area (Å²) in [5.41, 5.74) is 2.31. The number of hydrogen-bond acceptors (Lipinski definition) is 4. The molecule has 2 saturated heterocycles. The number of benzene rings is 1. The van der Waals surface area contributed by atoms with Crippen molar-refractivity contribution in [1.82, 2.24) is 9.80 Å². The average Bonchev–Trinajstić information content (AvgIpc) is 3.26. The number of likely N-dealkylation sites (tertiary alicyclic amines) is 2. The Balaban J connectivity index is 1.33. The molecule has 1 unspecified atom stereocenters. The summed E-state index contributed by atoms with van der Waals surface area (Å²) >= 11 is 1.88. The van der Waals surface area contributed by atoms with E-state index in [4.69, 9.17) is 4.74 Å². The standard InChI is InChI=1S/C25H30N2O3S/c1-18(28)27-13-6-5-9-21(27)24(29)26-14-11-25(12-15-26)20-17-23(19-7-3-2-4-8-19)31-22(20)10-16-30-25/h2-4,7-8,17,21H,5-6,9-16H2,1H3. The van der Waals surface area contributed by atoms with Crippen molar-refractivity contribution in [3.63, 3.8) is 0 Å². The number of fused-ring (bicyclic) bond motifs is 2. The molecule has 6 heteroatoms. The third-order valence-corrected chi connectivity index (χ3v) is 8.38. The highest BCUT2D eigenvalue weighted by molar-refractivity contribution is 7.15. The summed E-state index contributed by atoms with van der Waals surface area (Å²) in [5.74, 6) is 0.134. The van der Waals surface area contributed by atoms with Crippen LogP contribution in [0.4, 0.5) is 0 Å². The minimum absolute atomic E-state index is 0.0125. The monoisotopic (exact) mass is 438 g/mol. The molecule has 31 heavy (non-hydrogen) atoms. The quantitative estimate of drug-likeness (QED) is 0.706. The predicted octanol–water partition coefficient (Wildman–Crippen LogP) is 4.21.